The third-order valence-electron chi connectivity index (χ3n) is 3.40. The van der Waals surface area contributed by atoms with Crippen molar-refractivity contribution in [2.45, 2.75) is 23.2 Å². The smallest absolute Gasteiger partial charge is 0.314 e. The first-order valence-electron chi connectivity index (χ1n) is 5.96. The lowest BCUT2D eigenvalue weighted by atomic mass is 9.96. The van der Waals surface area contributed by atoms with Gasteiger partial charge in [-0.2, -0.15) is 0 Å². The summed E-state index contributed by atoms with van der Waals surface area (Å²) in [6.45, 7) is 0. The Morgan fingerprint density at radius 3 is 2.43 bits per heavy atom. The highest BCUT2D eigenvalue weighted by Gasteiger charge is 2.51. The van der Waals surface area contributed by atoms with Gasteiger partial charge in [0.05, 0.1) is 10.3 Å². The van der Waals surface area contributed by atoms with E-state index >= 15 is 0 Å². The second-order valence-corrected chi connectivity index (χ2v) is 7.10. The highest BCUT2D eigenvalue weighted by Crippen LogP contribution is 2.48. The number of rotatable bonds is 5. The number of aromatic nitrogens is 3. The lowest BCUT2D eigenvalue weighted by Crippen LogP contribution is -2.19. The van der Waals surface area contributed by atoms with Gasteiger partial charge in [0.25, 0.3) is 10.0 Å². The third-order valence-corrected chi connectivity index (χ3v) is 5.39. The van der Waals surface area contributed by atoms with Crippen LogP contribution in [0.4, 0.5) is 5.13 Å². The first-order valence-corrected chi connectivity index (χ1v) is 8.21. The molecule has 1 aliphatic carbocycles. The fourth-order valence-electron chi connectivity index (χ4n) is 2.05. The molecule has 0 unspecified atom stereocenters. The van der Waals surface area contributed by atoms with Gasteiger partial charge in [-0.3, -0.25) is 9.52 Å². The minimum atomic E-state index is -3.77. The SMILES string of the molecule is O=C(O)C1(c2ccc(S(=O)(=O)Nc3nnns3)cc2)CC1. The zero-order valence-electron chi connectivity index (χ0n) is 10.6. The quantitative estimate of drug-likeness (QED) is 0.835. The molecule has 0 spiro atoms. The molecular weight excluding hydrogens is 316 g/mol. The van der Waals surface area contributed by atoms with Gasteiger partial charge < -0.3 is 5.11 Å². The number of carbonyl (C=O) groups is 1. The number of sulfonamides is 1. The van der Waals surface area contributed by atoms with E-state index in [1.54, 1.807) is 0 Å². The standard InChI is InChI=1S/C11H10N4O4S2/c16-9(17)11(5-6-11)7-1-3-8(4-2-7)21(18,19)13-10-12-14-15-20-10/h1-4H,5-6H2,(H,16,17)(H,12,13,15). The molecule has 0 atom stereocenters. The van der Waals surface area contributed by atoms with Crippen LogP contribution in [0.2, 0.25) is 0 Å². The second-order valence-electron chi connectivity index (χ2n) is 4.68. The summed E-state index contributed by atoms with van der Waals surface area (Å²) >= 11 is 0.826. The molecule has 1 saturated carbocycles. The van der Waals surface area contributed by atoms with Crippen LogP contribution in [-0.4, -0.2) is 34.3 Å². The minimum absolute atomic E-state index is 0.0302. The Morgan fingerprint density at radius 2 is 1.95 bits per heavy atom. The maximum absolute atomic E-state index is 12.1. The molecular formula is C11H10N4O4S2. The van der Waals surface area contributed by atoms with Gasteiger partial charge in [-0.05, 0) is 35.8 Å². The predicted octanol–water partition coefficient (Wildman–Crippen LogP) is 0.850. The molecule has 3 rings (SSSR count). The van der Waals surface area contributed by atoms with Crippen molar-refractivity contribution in [3.63, 3.8) is 0 Å². The number of carboxylic acid groups (broad SMARTS) is 1. The van der Waals surface area contributed by atoms with Crippen LogP contribution in [0.3, 0.4) is 0 Å². The first kappa shape index (κ1) is 13.9. The van der Waals surface area contributed by atoms with Crippen molar-refractivity contribution < 1.29 is 18.3 Å². The van der Waals surface area contributed by atoms with Gasteiger partial charge in [0.15, 0.2) is 0 Å². The molecule has 21 heavy (non-hydrogen) atoms. The first-order chi connectivity index (χ1) is 9.94. The average Bonchev–Trinajstić information content (AvgIpc) is 3.12. The number of hydrogen-bond acceptors (Lipinski definition) is 7. The molecule has 0 bridgehead atoms. The lowest BCUT2D eigenvalue weighted by Gasteiger charge is -2.11. The van der Waals surface area contributed by atoms with Crippen molar-refractivity contribution >= 4 is 32.7 Å². The minimum Gasteiger partial charge on any atom is -0.481 e. The van der Waals surface area contributed by atoms with E-state index in [1.807, 2.05) is 0 Å². The molecule has 2 N–H and O–H groups in total. The van der Waals surface area contributed by atoms with E-state index in [-0.39, 0.29) is 10.0 Å². The van der Waals surface area contributed by atoms with E-state index in [0.717, 1.165) is 11.5 Å². The molecule has 1 aromatic carbocycles. The van der Waals surface area contributed by atoms with Crippen molar-refractivity contribution in [2.75, 3.05) is 4.72 Å². The highest BCUT2D eigenvalue weighted by molar-refractivity contribution is 7.93. The monoisotopic (exact) mass is 326 g/mol. The largest absolute Gasteiger partial charge is 0.481 e. The Balaban J connectivity index is 1.86. The Kier molecular flexibility index (Phi) is 3.14. The summed E-state index contributed by atoms with van der Waals surface area (Å²) in [5, 5.41) is 16.1. The van der Waals surface area contributed by atoms with Crippen LogP contribution in [0.15, 0.2) is 29.2 Å². The molecule has 8 nitrogen and oxygen atoms in total. The third kappa shape index (κ3) is 2.47. The van der Waals surface area contributed by atoms with Crippen molar-refractivity contribution in [1.29, 1.82) is 0 Å². The highest BCUT2D eigenvalue weighted by atomic mass is 32.2. The molecule has 1 fully saturated rings. The van der Waals surface area contributed by atoms with Crippen LogP contribution in [-0.2, 0) is 20.2 Å². The number of anilines is 1. The summed E-state index contributed by atoms with van der Waals surface area (Å²) in [6.07, 6.45) is 1.15. The Hall–Kier alpha value is -2.07. The van der Waals surface area contributed by atoms with E-state index < -0.39 is 21.4 Å². The Morgan fingerprint density at radius 1 is 1.29 bits per heavy atom. The van der Waals surface area contributed by atoms with E-state index in [4.69, 9.17) is 0 Å². The molecule has 10 heteroatoms. The summed E-state index contributed by atoms with van der Waals surface area (Å²) in [5.41, 5.74) is -0.231. The second kappa shape index (κ2) is 4.74. The van der Waals surface area contributed by atoms with E-state index in [9.17, 15) is 18.3 Å². The summed E-state index contributed by atoms with van der Waals surface area (Å²) in [4.78, 5) is 11.3. The number of benzene rings is 1. The van der Waals surface area contributed by atoms with Gasteiger partial charge in [-0.15, -0.1) is 0 Å². The van der Waals surface area contributed by atoms with Crippen LogP contribution in [0.25, 0.3) is 0 Å². The molecule has 0 aliphatic heterocycles. The molecule has 110 valence electrons. The van der Waals surface area contributed by atoms with Crippen LogP contribution in [0, 0.1) is 0 Å². The Labute approximate surface area is 124 Å². The topological polar surface area (TPSA) is 122 Å². The van der Waals surface area contributed by atoms with Gasteiger partial charge in [0.1, 0.15) is 0 Å². The van der Waals surface area contributed by atoms with Gasteiger partial charge >= 0.3 is 5.97 Å². The molecule has 0 saturated heterocycles. The van der Waals surface area contributed by atoms with Crippen molar-refractivity contribution in [2.24, 2.45) is 0 Å². The molecule has 1 aliphatic rings. The van der Waals surface area contributed by atoms with E-state index in [1.165, 1.54) is 24.3 Å². The van der Waals surface area contributed by atoms with Crippen molar-refractivity contribution in [3.8, 4) is 0 Å². The maximum atomic E-state index is 12.1. The summed E-state index contributed by atoms with van der Waals surface area (Å²) in [7, 11) is -3.77. The van der Waals surface area contributed by atoms with Crippen LogP contribution >= 0.6 is 11.5 Å². The van der Waals surface area contributed by atoms with Gasteiger partial charge in [-0.25, -0.2) is 8.42 Å². The molecule has 1 aromatic heterocycles. The maximum Gasteiger partial charge on any atom is 0.314 e. The lowest BCUT2D eigenvalue weighted by molar-refractivity contribution is -0.140. The average molecular weight is 326 g/mol. The zero-order chi connectivity index (χ0) is 15.1. The number of nitrogens with one attached hydrogen (secondary N) is 1. The fraction of sp³-hybridized carbons (Fsp3) is 0.273. The molecule has 2 aromatic rings. The van der Waals surface area contributed by atoms with E-state index in [0.29, 0.717) is 18.4 Å². The van der Waals surface area contributed by atoms with Crippen LogP contribution in [0.1, 0.15) is 18.4 Å². The zero-order valence-corrected chi connectivity index (χ0v) is 12.2. The number of carboxylic acids is 1. The van der Waals surface area contributed by atoms with Crippen LogP contribution in [0.5, 0.6) is 0 Å². The normalized spacial score (nSPS) is 16.4. The summed E-state index contributed by atoms with van der Waals surface area (Å²) in [6, 6.07) is 5.84. The summed E-state index contributed by atoms with van der Waals surface area (Å²) < 4.78 is 29.9. The van der Waals surface area contributed by atoms with Crippen molar-refractivity contribution in [3.05, 3.63) is 29.8 Å². The van der Waals surface area contributed by atoms with Gasteiger partial charge in [0, 0.05) is 11.5 Å². The van der Waals surface area contributed by atoms with Crippen LogP contribution < -0.4 is 4.72 Å². The number of aliphatic carboxylic acids is 1. The number of hydrogen-bond donors (Lipinski definition) is 2. The number of nitrogens with zero attached hydrogens (tertiary/aromatic N) is 3. The molecule has 0 radical (unpaired) electrons. The van der Waals surface area contributed by atoms with Gasteiger partial charge in [-0.1, -0.05) is 21.7 Å². The predicted molar refractivity (Wildman–Crippen MR) is 73.5 cm³/mol. The van der Waals surface area contributed by atoms with Crippen molar-refractivity contribution in [1.82, 2.24) is 14.8 Å². The van der Waals surface area contributed by atoms with Gasteiger partial charge in [0.2, 0.25) is 5.13 Å². The molecule has 1 heterocycles. The summed E-state index contributed by atoms with van der Waals surface area (Å²) in [5.74, 6) is -0.879. The Bertz CT molecular complexity index is 767. The van der Waals surface area contributed by atoms with E-state index in [2.05, 4.69) is 19.5 Å². The molecule has 0 amide bonds. The fourth-order valence-corrected chi connectivity index (χ4v) is 3.64.